The molecular formula is C19H16BN5O3. The monoisotopic (exact) mass is 373 g/mol. The number of hydrogen-bond acceptors (Lipinski definition) is 8. The molecule has 0 unspecified atom stereocenters. The Morgan fingerprint density at radius 3 is 2.68 bits per heavy atom. The Bertz CT molecular complexity index is 1010. The SMILES string of the molecule is [B]Oc1cc(-c2cnc3c(c2)OCCO3)ccc1-c1cnc(NC2CC2)nn1. The summed E-state index contributed by atoms with van der Waals surface area (Å²) in [6, 6.07) is 7.98. The molecule has 9 heteroatoms. The van der Waals surface area contributed by atoms with E-state index in [2.05, 4.69) is 25.5 Å². The van der Waals surface area contributed by atoms with Crippen LogP contribution in [-0.4, -0.2) is 47.5 Å². The largest absolute Gasteiger partial charge is 0.567 e. The van der Waals surface area contributed by atoms with Gasteiger partial charge in [-0.05, 0) is 36.6 Å². The molecule has 0 saturated heterocycles. The quantitative estimate of drug-likeness (QED) is 0.682. The second-order valence-corrected chi connectivity index (χ2v) is 6.64. The standard InChI is InChI=1S/C19H16BN5O3/c20-28-16-7-11(12-8-17-18(21-9-12)27-6-5-26-17)1-4-14(16)15-10-22-19(25-24-15)23-13-2-3-13/h1,4,7-10,13H,2-3,5-6H2,(H,22,23,25). The summed E-state index contributed by atoms with van der Waals surface area (Å²) in [5.74, 6) is 2.12. The minimum atomic E-state index is 0.464. The van der Waals surface area contributed by atoms with Crippen molar-refractivity contribution in [3.8, 4) is 39.8 Å². The molecule has 1 N–H and O–H groups in total. The second-order valence-electron chi connectivity index (χ2n) is 6.64. The van der Waals surface area contributed by atoms with Crippen molar-refractivity contribution in [2.45, 2.75) is 18.9 Å². The molecule has 138 valence electrons. The number of pyridine rings is 1. The molecule has 0 atom stereocenters. The number of anilines is 1. The van der Waals surface area contributed by atoms with E-state index in [1.54, 1.807) is 12.4 Å². The summed E-state index contributed by atoms with van der Waals surface area (Å²) in [5, 5.41) is 11.6. The summed E-state index contributed by atoms with van der Waals surface area (Å²) in [4.78, 5) is 8.63. The third-order valence-electron chi connectivity index (χ3n) is 4.59. The first-order valence-electron chi connectivity index (χ1n) is 9.03. The topological polar surface area (TPSA) is 91.3 Å². The van der Waals surface area contributed by atoms with E-state index in [9.17, 15) is 0 Å². The minimum Gasteiger partial charge on any atom is -0.567 e. The molecule has 1 saturated carbocycles. The van der Waals surface area contributed by atoms with Crippen molar-refractivity contribution in [2.75, 3.05) is 18.5 Å². The van der Waals surface area contributed by atoms with E-state index in [-0.39, 0.29) is 0 Å². The van der Waals surface area contributed by atoms with Gasteiger partial charge in [0, 0.05) is 23.4 Å². The predicted octanol–water partition coefficient (Wildman–Crippen LogP) is 2.41. The van der Waals surface area contributed by atoms with E-state index in [1.807, 2.05) is 24.3 Å². The van der Waals surface area contributed by atoms with Gasteiger partial charge in [-0.2, -0.15) is 0 Å². The Hall–Kier alpha value is -3.36. The van der Waals surface area contributed by atoms with Gasteiger partial charge in [0.05, 0.1) is 6.20 Å². The van der Waals surface area contributed by atoms with Crippen LogP contribution >= 0.6 is 0 Å². The highest BCUT2D eigenvalue weighted by Gasteiger charge is 2.22. The molecule has 0 bridgehead atoms. The van der Waals surface area contributed by atoms with E-state index in [4.69, 9.17) is 22.2 Å². The molecule has 5 rings (SSSR count). The smallest absolute Gasteiger partial charge is 0.374 e. The number of nitrogens with one attached hydrogen (secondary N) is 1. The Labute approximate surface area is 162 Å². The van der Waals surface area contributed by atoms with Gasteiger partial charge in [0.1, 0.15) is 24.7 Å². The summed E-state index contributed by atoms with van der Waals surface area (Å²) in [7, 11) is 5.51. The summed E-state index contributed by atoms with van der Waals surface area (Å²) in [5.41, 5.74) is 3.02. The first kappa shape index (κ1) is 16.8. The van der Waals surface area contributed by atoms with Crippen LogP contribution in [0.15, 0.2) is 36.7 Å². The van der Waals surface area contributed by atoms with Gasteiger partial charge in [0.15, 0.2) is 5.75 Å². The molecular weight excluding hydrogens is 357 g/mol. The molecule has 1 aliphatic heterocycles. The second kappa shape index (κ2) is 6.99. The molecule has 1 aliphatic carbocycles. The number of nitrogens with zero attached hydrogens (tertiary/aromatic N) is 4. The van der Waals surface area contributed by atoms with Gasteiger partial charge in [0.25, 0.3) is 5.88 Å². The van der Waals surface area contributed by atoms with Gasteiger partial charge >= 0.3 is 8.05 Å². The van der Waals surface area contributed by atoms with Crippen LogP contribution in [0.5, 0.6) is 17.4 Å². The summed E-state index contributed by atoms with van der Waals surface area (Å²) < 4.78 is 16.2. The van der Waals surface area contributed by atoms with Crippen molar-refractivity contribution in [1.82, 2.24) is 20.2 Å². The number of rotatable bonds is 5. The number of ether oxygens (including phenoxy) is 2. The van der Waals surface area contributed by atoms with Crippen LogP contribution in [-0.2, 0) is 0 Å². The van der Waals surface area contributed by atoms with Gasteiger partial charge in [0.2, 0.25) is 5.95 Å². The van der Waals surface area contributed by atoms with Crippen molar-refractivity contribution in [3.05, 3.63) is 36.7 Å². The zero-order valence-electron chi connectivity index (χ0n) is 15.0. The van der Waals surface area contributed by atoms with Gasteiger partial charge in [-0.3, -0.25) is 0 Å². The molecule has 8 nitrogen and oxygen atoms in total. The van der Waals surface area contributed by atoms with Crippen LogP contribution in [0.4, 0.5) is 5.95 Å². The fourth-order valence-electron chi connectivity index (χ4n) is 2.98. The molecule has 1 aromatic carbocycles. The Balaban J connectivity index is 1.44. The fraction of sp³-hybridized carbons (Fsp3) is 0.263. The number of aromatic nitrogens is 4. The highest BCUT2D eigenvalue weighted by Crippen LogP contribution is 2.36. The van der Waals surface area contributed by atoms with Crippen LogP contribution < -0.4 is 19.4 Å². The van der Waals surface area contributed by atoms with Gasteiger partial charge < -0.3 is 19.4 Å². The molecule has 2 aliphatic rings. The lowest BCUT2D eigenvalue weighted by atomic mass is 10.0. The molecule has 2 aromatic heterocycles. The average Bonchev–Trinajstić information content (AvgIpc) is 3.57. The van der Waals surface area contributed by atoms with E-state index in [0.29, 0.717) is 53.8 Å². The summed E-state index contributed by atoms with van der Waals surface area (Å²) in [6.07, 6.45) is 5.67. The zero-order valence-corrected chi connectivity index (χ0v) is 15.0. The fourth-order valence-corrected chi connectivity index (χ4v) is 2.98. The van der Waals surface area contributed by atoms with Crippen LogP contribution in [0.25, 0.3) is 22.4 Å². The Morgan fingerprint density at radius 2 is 1.89 bits per heavy atom. The van der Waals surface area contributed by atoms with E-state index >= 15 is 0 Å². The van der Waals surface area contributed by atoms with Crippen molar-refractivity contribution < 1.29 is 14.1 Å². The maximum Gasteiger partial charge on any atom is 0.374 e. The molecule has 2 radical (unpaired) electrons. The van der Waals surface area contributed by atoms with E-state index < -0.39 is 0 Å². The third kappa shape index (κ3) is 3.31. The number of fused-ring (bicyclic) bond motifs is 1. The van der Waals surface area contributed by atoms with Gasteiger partial charge in [-0.1, -0.05) is 6.07 Å². The van der Waals surface area contributed by atoms with Crippen LogP contribution in [0.1, 0.15) is 12.8 Å². The highest BCUT2D eigenvalue weighted by atomic mass is 16.6. The lowest BCUT2D eigenvalue weighted by Gasteiger charge is -2.18. The van der Waals surface area contributed by atoms with Crippen LogP contribution in [0, 0.1) is 0 Å². The highest BCUT2D eigenvalue weighted by molar-refractivity contribution is 6.01. The first-order valence-corrected chi connectivity index (χ1v) is 9.03. The van der Waals surface area contributed by atoms with Gasteiger partial charge in [-0.25, -0.2) is 9.97 Å². The van der Waals surface area contributed by atoms with Crippen molar-refractivity contribution >= 4 is 14.0 Å². The molecule has 3 heterocycles. The average molecular weight is 373 g/mol. The molecule has 28 heavy (non-hydrogen) atoms. The summed E-state index contributed by atoms with van der Waals surface area (Å²) in [6.45, 7) is 1.01. The molecule has 1 fully saturated rings. The van der Waals surface area contributed by atoms with E-state index in [1.165, 1.54) is 0 Å². The first-order chi connectivity index (χ1) is 13.8. The Morgan fingerprint density at radius 1 is 1.00 bits per heavy atom. The maximum absolute atomic E-state index is 5.60. The number of benzene rings is 1. The van der Waals surface area contributed by atoms with Crippen LogP contribution in [0.3, 0.4) is 0 Å². The maximum atomic E-state index is 5.60. The summed E-state index contributed by atoms with van der Waals surface area (Å²) >= 11 is 0. The lowest BCUT2D eigenvalue weighted by Crippen LogP contribution is -2.16. The van der Waals surface area contributed by atoms with Gasteiger partial charge in [-0.15, -0.1) is 10.2 Å². The molecule has 0 amide bonds. The lowest BCUT2D eigenvalue weighted by molar-refractivity contribution is 0.164. The minimum absolute atomic E-state index is 0.464. The number of hydrogen-bond donors (Lipinski definition) is 1. The predicted molar refractivity (Wildman–Crippen MR) is 103 cm³/mol. The van der Waals surface area contributed by atoms with Crippen molar-refractivity contribution in [1.29, 1.82) is 0 Å². The molecule has 0 spiro atoms. The van der Waals surface area contributed by atoms with E-state index in [0.717, 1.165) is 24.0 Å². The van der Waals surface area contributed by atoms with Crippen molar-refractivity contribution in [2.24, 2.45) is 0 Å². The molecule has 3 aromatic rings. The van der Waals surface area contributed by atoms with Crippen LogP contribution in [0.2, 0.25) is 0 Å². The third-order valence-corrected chi connectivity index (χ3v) is 4.59. The Kier molecular flexibility index (Phi) is 4.19. The normalized spacial score (nSPS) is 15.1. The zero-order chi connectivity index (χ0) is 18.9. The van der Waals surface area contributed by atoms with Crippen molar-refractivity contribution in [3.63, 3.8) is 0 Å².